The summed E-state index contributed by atoms with van der Waals surface area (Å²) in [6.45, 7) is 0.368. The van der Waals surface area contributed by atoms with Crippen LogP contribution in [0.4, 0.5) is 0 Å². The van der Waals surface area contributed by atoms with E-state index in [2.05, 4.69) is 10.3 Å². The Morgan fingerprint density at radius 3 is 2.64 bits per heavy atom. The topological polar surface area (TPSA) is 109 Å². The summed E-state index contributed by atoms with van der Waals surface area (Å²) in [6, 6.07) is 13.2. The molecule has 1 aromatic heterocycles. The second kappa shape index (κ2) is 9.01. The number of phenols is 2. The number of hydrogen-bond acceptors (Lipinski definition) is 7. The number of phenolic OH excluding ortho intramolecular Hbond substituents is 2. The van der Waals surface area contributed by atoms with Crippen LogP contribution in [0.2, 0.25) is 0 Å². The summed E-state index contributed by atoms with van der Waals surface area (Å²) in [7, 11) is 0. The summed E-state index contributed by atoms with van der Waals surface area (Å²) in [5.41, 5.74) is 1.48. The third-order valence-corrected chi connectivity index (χ3v) is 4.69. The van der Waals surface area contributed by atoms with E-state index in [1.807, 2.05) is 30.3 Å². The van der Waals surface area contributed by atoms with Crippen molar-refractivity contribution in [3.63, 3.8) is 0 Å². The van der Waals surface area contributed by atoms with E-state index < -0.39 is 5.97 Å². The highest BCUT2D eigenvalue weighted by atomic mass is 32.1. The third-order valence-electron chi connectivity index (χ3n) is 3.80. The molecule has 0 saturated carbocycles. The Balaban J connectivity index is 1.48. The van der Waals surface area contributed by atoms with Crippen molar-refractivity contribution in [2.24, 2.45) is 0 Å². The Kier molecular flexibility index (Phi) is 6.23. The summed E-state index contributed by atoms with van der Waals surface area (Å²) in [5.74, 6) is -1.38. The number of carbonyl (C=O) groups excluding carboxylic acids is 2. The second-order valence-electron chi connectivity index (χ2n) is 5.95. The van der Waals surface area contributed by atoms with Crippen molar-refractivity contribution < 1.29 is 24.5 Å². The summed E-state index contributed by atoms with van der Waals surface area (Å²) in [4.78, 5) is 28.3. The van der Waals surface area contributed by atoms with Gasteiger partial charge in [0.05, 0.1) is 12.1 Å². The fraction of sp³-hybridized carbons (Fsp3) is 0.150. The molecule has 0 bridgehead atoms. The van der Waals surface area contributed by atoms with Gasteiger partial charge in [0.1, 0.15) is 28.7 Å². The maximum atomic E-state index is 12.0. The predicted molar refractivity (Wildman–Crippen MR) is 103 cm³/mol. The molecule has 3 rings (SSSR count). The molecule has 0 fully saturated rings. The van der Waals surface area contributed by atoms with E-state index in [-0.39, 0.29) is 36.0 Å². The fourth-order valence-corrected chi connectivity index (χ4v) is 3.18. The summed E-state index contributed by atoms with van der Waals surface area (Å²) < 4.78 is 5.12. The zero-order valence-corrected chi connectivity index (χ0v) is 15.6. The van der Waals surface area contributed by atoms with Crippen molar-refractivity contribution >= 4 is 23.2 Å². The maximum Gasteiger partial charge on any atom is 0.342 e. The maximum absolute atomic E-state index is 12.0. The first-order valence-corrected chi connectivity index (χ1v) is 9.32. The largest absolute Gasteiger partial charge is 0.508 e. The first kappa shape index (κ1) is 19.4. The molecule has 1 amide bonds. The minimum atomic E-state index is -0.729. The van der Waals surface area contributed by atoms with Gasteiger partial charge in [0.15, 0.2) is 0 Å². The standard InChI is InChI=1S/C20H18N2O5S/c23-15-6-7-16(17(24)8-15)20(26)27-11-14-12-28-19(22-14)9-18(25)21-10-13-4-2-1-3-5-13/h1-8,12,23-24H,9-11H2,(H,21,25). The van der Waals surface area contributed by atoms with Gasteiger partial charge in [-0.25, -0.2) is 9.78 Å². The van der Waals surface area contributed by atoms with Gasteiger partial charge in [0, 0.05) is 18.0 Å². The molecule has 8 heteroatoms. The highest BCUT2D eigenvalue weighted by Crippen LogP contribution is 2.23. The van der Waals surface area contributed by atoms with Crippen molar-refractivity contribution in [3.8, 4) is 11.5 Å². The van der Waals surface area contributed by atoms with Crippen molar-refractivity contribution in [2.45, 2.75) is 19.6 Å². The van der Waals surface area contributed by atoms with E-state index in [4.69, 9.17) is 4.74 Å². The van der Waals surface area contributed by atoms with E-state index in [9.17, 15) is 19.8 Å². The number of aromatic nitrogens is 1. The molecule has 0 atom stereocenters. The quantitative estimate of drug-likeness (QED) is 0.528. The summed E-state index contributed by atoms with van der Waals surface area (Å²) >= 11 is 1.31. The Labute approximate surface area is 165 Å². The number of nitrogens with zero attached hydrogens (tertiary/aromatic N) is 1. The number of aromatic hydroxyl groups is 2. The van der Waals surface area contributed by atoms with Crippen LogP contribution >= 0.6 is 11.3 Å². The summed E-state index contributed by atoms with van der Waals surface area (Å²) in [6.07, 6.45) is 0.143. The van der Waals surface area contributed by atoms with Crippen LogP contribution in [0.1, 0.15) is 26.6 Å². The average Bonchev–Trinajstić information content (AvgIpc) is 3.12. The smallest absolute Gasteiger partial charge is 0.342 e. The Morgan fingerprint density at radius 1 is 1.11 bits per heavy atom. The van der Waals surface area contributed by atoms with Gasteiger partial charge in [-0.2, -0.15) is 0 Å². The van der Waals surface area contributed by atoms with Crippen LogP contribution in [0, 0.1) is 0 Å². The molecule has 7 nitrogen and oxygen atoms in total. The normalized spacial score (nSPS) is 10.4. The van der Waals surface area contributed by atoms with E-state index in [1.165, 1.54) is 23.5 Å². The third kappa shape index (κ3) is 5.31. The van der Waals surface area contributed by atoms with Gasteiger partial charge in [-0.3, -0.25) is 4.79 Å². The molecule has 2 aromatic carbocycles. The van der Waals surface area contributed by atoms with Crippen molar-refractivity contribution in [3.05, 3.63) is 75.7 Å². The van der Waals surface area contributed by atoms with Gasteiger partial charge in [-0.05, 0) is 17.7 Å². The fourth-order valence-electron chi connectivity index (χ4n) is 2.40. The summed E-state index contributed by atoms with van der Waals surface area (Å²) in [5, 5.41) is 24.1. The van der Waals surface area contributed by atoms with Gasteiger partial charge < -0.3 is 20.3 Å². The van der Waals surface area contributed by atoms with Crippen LogP contribution in [-0.2, 0) is 29.1 Å². The molecule has 0 spiro atoms. The molecule has 0 radical (unpaired) electrons. The molecular formula is C20H18N2O5S. The number of rotatable bonds is 7. The number of benzene rings is 2. The first-order valence-electron chi connectivity index (χ1n) is 8.44. The predicted octanol–water partition coefficient (Wildman–Crippen LogP) is 2.77. The van der Waals surface area contributed by atoms with Gasteiger partial charge >= 0.3 is 5.97 Å². The van der Waals surface area contributed by atoms with Gasteiger partial charge in [-0.1, -0.05) is 30.3 Å². The Morgan fingerprint density at radius 2 is 1.89 bits per heavy atom. The van der Waals surface area contributed by atoms with Crippen molar-refractivity contribution in [1.29, 1.82) is 0 Å². The lowest BCUT2D eigenvalue weighted by atomic mass is 10.2. The number of thiazole rings is 1. The molecule has 28 heavy (non-hydrogen) atoms. The Hall–Kier alpha value is -3.39. The lowest BCUT2D eigenvalue weighted by molar-refractivity contribution is -0.120. The number of esters is 1. The van der Waals surface area contributed by atoms with E-state index >= 15 is 0 Å². The number of nitrogens with one attached hydrogen (secondary N) is 1. The molecule has 1 heterocycles. The van der Waals surface area contributed by atoms with Crippen LogP contribution in [0.5, 0.6) is 11.5 Å². The average molecular weight is 398 g/mol. The zero-order valence-electron chi connectivity index (χ0n) is 14.8. The SMILES string of the molecule is O=C(Cc1nc(COC(=O)c2ccc(O)cc2O)cs1)NCc1ccccc1. The molecule has 3 N–H and O–H groups in total. The lowest BCUT2D eigenvalue weighted by Crippen LogP contribution is -2.24. The molecule has 3 aromatic rings. The van der Waals surface area contributed by atoms with Gasteiger partial charge in [0.25, 0.3) is 0 Å². The number of carbonyl (C=O) groups is 2. The molecule has 0 aliphatic rings. The highest BCUT2D eigenvalue weighted by Gasteiger charge is 2.14. The molecule has 0 saturated heterocycles. The van der Waals surface area contributed by atoms with E-state index in [0.717, 1.165) is 11.6 Å². The van der Waals surface area contributed by atoms with Crippen LogP contribution in [0.25, 0.3) is 0 Å². The van der Waals surface area contributed by atoms with Crippen LogP contribution in [-0.4, -0.2) is 27.1 Å². The minimum absolute atomic E-state index is 0.0476. The van der Waals surface area contributed by atoms with Crippen molar-refractivity contribution in [2.75, 3.05) is 0 Å². The van der Waals surface area contributed by atoms with Crippen molar-refractivity contribution in [1.82, 2.24) is 10.3 Å². The molecule has 0 aliphatic carbocycles. The number of ether oxygens (including phenoxy) is 1. The lowest BCUT2D eigenvalue weighted by Gasteiger charge is -2.05. The second-order valence-corrected chi connectivity index (χ2v) is 6.89. The van der Waals surface area contributed by atoms with Crippen LogP contribution in [0.15, 0.2) is 53.9 Å². The molecular weight excluding hydrogens is 380 g/mol. The molecule has 0 aliphatic heterocycles. The monoisotopic (exact) mass is 398 g/mol. The van der Waals surface area contributed by atoms with Gasteiger partial charge in [0.2, 0.25) is 5.91 Å². The van der Waals surface area contributed by atoms with Crippen LogP contribution < -0.4 is 5.32 Å². The zero-order chi connectivity index (χ0) is 19.9. The Bertz CT molecular complexity index is 972. The minimum Gasteiger partial charge on any atom is -0.508 e. The van der Waals surface area contributed by atoms with Gasteiger partial charge in [-0.15, -0.1) is 11.3 Å². The molecule has 0 unspecified atom stereocenters. The van der Waals surface area contributed by atoms with E-state index in [0.29, 0.717) is 17.2 Å². The molecule has 144 valence electrons. The van der Waals surface area contributed by atoms with Crippen LogP contribution in [0.3, 0.4) is 0 Å². The van der Waals surface area contributed by atoms with E-state index in [1.54, 1.807) is 5.38 Å². The highest BCUT2D eigenvalue weighted by molar-refractivity contribution is 7.09. The first-order chi connectivity index (χ1) is 13.5. The number of hydrogen-bond donors (Lipinski definition) is 3. The number of amides is 1.